The fraction of sp³-hybridized carbons (Fsp3) is 0.321. The molecule has 1 saturated heterocycles. The van der Waals surface area contributed by atoms with E-state index in [1.54, 1.807) is 24.3 Å². The molecule has 3 aromatic carbocycles. The third-order valence-electron chi connectivity index (χ3n) is 6.88. The van der Waals surface area contributed by atoms with Crippen LogP contribution in [0.1, 0.15) is 45.2 Å². The van der Waals surface area contributed by atoms with Crippen molar-refractivity contribution < 1.29 is 23.5 Å². The second kappa shape index (κ2) is 10.6. The maximum Gasteiger partial charge on any atom is 0.261 e. The number of benzene rings is 3. The zero-order valence-corrected chi connectivity index (χ0v) is 19.9. The van der Waals surface area contributed by atoms with Gasteiger partial charge >= 0.3 is 0 Å². The molecule has 5 rings (SSSR count). The summed E-state index contributed by atoms with van der Waals surface area (Å²) < 4.78 is 18.9. The van der Waals surface area contributed by atoms with Gasteiger partial charge in [-0.05, 0) is 41.6 Å². The van der Waals surface area contributed by atoms with Crippen LogP contribution in [0.25, 0.3) is 10.8 Å². The van der Waals surface area contributed by atoms with E-state index in [1.807, 2.05) is 24.3 Å². The van der Waals surface area contributed by atoms with Crippen LogP contribution >= 0.6 is 0 Å². The molecule has 3 amide bonds. The Morgan fingerprint density at radius 2 is 1.58 bits per heavy atom. The van der Waals surface area contributed by atoms with Gasteiger partial charge in [-0.2, -0.15) is 0 Å². The zero-order chi connectivity index (χ0) is 25.1. The maximum atomic E-state index is 13.4. The summed E-state index contributed by atoms with van der Waals surface area (Å²) in [6.45, 7) is 3.22. The lowest BCUT2D eigenvalue weighted by Gasteiger charge is -2.35. The predicted octanol–water partition coefficient (Wildman–Crippen LogP) is 3.54. The zero-order valence-electron chi connectivity index (χ0n) is 19.9. The van der Waals surface area contributed by atoms with Gasteiger partial charge in [0.05, 0.1) is 19.3 Å². The minimum absolute atomic E-state index is 0.0966. The normalized spacial score (nSPS) is 16.9. The van der Waals surface area contributed by atoms with E-state index in [0.717, 1.165) is 24.0 Å². The molecular formula is C28H28FN3O4. The van der Waals surface area contributed by atoms with Gasteiger partial charge in [-0.1, -0.05) is 36.4 Å². The van der Waals surface area contributed by atoms with Crippen molar-refractivity contribution in [3.8, 4) is 0 Å². The smallest absolute Gasteiger partial charge is 0.261 e. The number of ether oxygens (including phenoxy) is 1. The fourth-order valence-corrected chi connectivity index (χ4v) is 5.01. The van der Waals surface area contributed by atoms with E-state index >= 15 is 0 Å². The number of carbonyl (C=O) groups excluding carboxylic acids is 3. The molecule has 1 atom stereocenters. The summed E-state index contributed by atoms with van der Waals surface area (Å²) in [5.41, 5.74) is 1.95. The Kier molecular flexibility index (Phi) is 7.06. The fourth-order valence-electron chi connectivity index (χ4n) is 5.01. The lowest BCUT2D eigenvalue weighted by Crippen LogP contribution is -2.44. The Labute approximate surface area is 208 Å². The van der Waals surface area contributed by atoms with Crippen molar-refractivity contribution in [1.29, 1.82) is 0 Å². The summed E-state index contributed by atoms with van der Waals surface area (Å²) in [5.74, 6) is -1.11. The molecular weight excluding hydrogens is 461 g/mol. The minimum atomic E-state index is -0.326. The first-order valence-electron chi connectivity index (χ1n) is 12.2. The summed E-state index contributed by atoms with van der Waals surface area (Å²) in [6.07, 6.45) is 0.544. The van der Waals surface area contributed by atoms with Crippen LogP contribution in [-0.4, -0.2) is 66.9 Å². The van der Waals surface area contributed by atoms with Crippen LogP contribution in [0.15, 0.2) is 60.7 Å². The molecule has 0 radical (unpaired) electrons. The van der Waals surface area contributed by atoms with E-state index < -0.39 is 0 Å². The van der Waals surface area contributed by atoms with Crippen molar-refractivity contribution >= 4 is 28.5 Å². The Balaban J connectivity index is 1.19. The summed E-state index contributed by atoms with van der Waals surface area (Å²) in [4.78, 5) is 42.2. The molecule has 0 saturated carbocycles. The number of hydrogen-bond donors (Lipinski definition) is 1. The van der Waals surface area contributed by atoms with Crippen molar-refractivity contribution in [1.82, 2.24) is 15.1 Å². The van der Waals surface area contributed by atoms with Crippen molar-refractivity contribution in [3.63, 3.8) is 0 Å². The quantitative estimate of drug-likeness (QED) is 0.490. The van der Waals surface area contributed by atoms with Crippen LogP contribution in [-0.2, 0) is 9.53 Å². The molecule has 2 aliphatic rings. The predicted molar refractivity (Wildman–Crippen MR) is 133 cm³/mol. The van der Waals surface area contributed by atoms with E-state index in [2.05, 4.69) is 10.2 Å². The van der Waals surface area contributed by atoms with Gasteiger partial charge in [0.25, 0.3) is 11.8 Å². The topological polar surface area (TPSA) is 79.0 Å². The lowest BCUT2D eigenvalue weighted by molar-refractivity contribution is -0.121. The van der Waals surface area contributed by atoms with Crippen molar-refractivity contribution in [3.05, 3.63) is 83.2 Å². The minimum Gasteiger partial charge on any atom is -0.379 e. The molecule has 186 valence electrons. The Morgan fingerprint density at radius 3 is 2.22 bits per heavy atom. The van der Waals surface area contributed by atoms with Crippen LogP contribution in [0.3, 0.4) is 0 Å². The first kappa shape index (κ1) is 24.1. The first-order valence-corrected chi connectivity index (χ1v) is 12.2. The number of imide groups is 1. The van der Waals surface area contributed by atoms with E-state index in [9.17, 15) is 18.8 Å². The molecule has 1 unspecified atom stereocenters. The number of carbonyl (C=O) groups is 3. The van der Waals surface area contributed by atoms with Crippen LogP contribution in [0.4, 0.5) is 4.39 Å². The summed E-state index contributed by atoms with van der Waals surface area (Å²) in [6, 6.07) is 17.1. The molecule has 36 heavy (non-hydrogen) atoms. The monoisotopic (exact) mass is 489 g/mol. The molecule has 1 N–H and O–H groups in total. The van der Waals surface area contributed by atoms with Gasteiger partial charge in [0.15, 0.2) is 0 Å². The van der Waals surface area contributed by atoms with Gasteiger partial charge < -0.3 is 10.1 Å². The molecule has 7 nitrogen and oxygen atoms in total. The Hall–Kier alpha value is -3.62. The van der Waals surface area contributed by atoms with Gasteiger partial charge in [0.1, 0.15) is 5.82 Å². The van der Waals surface area contributed by atoms with E-state index in [0.29, 0.717) is 42.7 Å². The average molecular weight is 490 g/mol. The highest BCUT2D eigenvalue weighted by Crippen LogP contribution is 2.30. The van der Waals surface area contributed by atoms with E-state index in [1.165, 1.54) is 17.0 Å². The average Bonchev–Trinajstić information content (AvgIpc) is 2.91. The summed E-state index contributed by atoms with van der Waals surface area (Å²) >= 11 is 0. The SMILES string of the molecule is O=C(CCCN1C(=O)c2cccc3cccc(c23)C1=O)NCC(c1ccc(F)cc1)N1CCOCC1. The summed E-state index contributed by atoms with van der Waals surface area (Å²) in [7, 11) is 0. The number of hydrogen-bond acceptors (Lipinski definition) is 5. The molecule has 0 aromatic heterocycles. The number of halogens is 1. The molecule has 0 spiro atoms. The third kappa shape index (κ3) is 4.87. The molecule has 2 heterocycles. The Bertz CT molecular complexity index is 1240. The van der Waals surface area contributed by atoms with Gasteiger partial charge in [-0.15, -0.1) is 0 Å². The molecule has 3 aromatic rings. The first-order chi connectivity index (χ1) is 17.5. The summed E-state index contributed by atoms with van der Waals surface area (Å²) in [5, 5.41) is 4.54. The molecule has 8 heteroatoms. The number of rotatable bonds is 8. The second-order valence-electron chi connectivity index (χ2n) is 9.09. The standard InChI is InChI=1S/C28H28FN3O4/c29-21-11-9-19(10-12-21)24(31-14-16-36-17-15-31)18-30-25(33)8-3-13-32-27(34)22-6-1-4-20-5-2-7-23(26(20)22)28(32)35/h1-2,4-7,9-12,24H,3,8,13-18H2,(H,30,33). The van der Waals surface area contributed by atoms with Crippen molar-refractivity contribution in [2.24, 2.45) is 0 Å². The number of amides is 3. The van der Waals surface area contributed by atoms with Gasteiger partial charge in [0.2, 0.25) is 5.91 Å². The third-order valence-corrected chi connectivity index (χ3v) is 6.88. The Morgan fingerprint density at radius 1 is 0.944 bits per heavy atom. The maximum absolute atomic E-state index is 13.4. The van der Waals surface area contributed by atoms with E-state index in [4.69, 9.17) is 4.74 Å². The van der Waals surface area contributed by atoms with Crippen molar-refractivity contribution in [2.75, 3.05) is 39.4 Å². The lowest BCUT2D eigenvalue weighted by atomic mass is 9.94. The van der Waals surface area contributed by atoms with Crippen LogP contribution in [0.2, 0.25) is 0 Å². The largest absolute Gasteiger partial charge is 0.379 e. The molecule has 2 aliphatic heterocycles. The molecule has 1 fully saturated rings. The molecule has 0 bridgehead atoms. The van der Waals surface area contributed by atoms with Gasteiger partial charge in [-0.3, -0.25) is 24.2 Å². The number of morpholine rings is 1. The van der Waals surface area contributed by atoms with Gasteiger partial charge in [-0.25, -0.2) is 4.39 Å². The van der Waals surface area contributed by atoms with Gasteiger partial charge in [0, 0.05) is 49.1 Å². The highest BCUT2D eigenvalue weighted by Gasteiger charge is 2.32. The second-order valence-corrected chi connectivity index (χ2v) is 9.09. The van der Waals surface area contributed by atoms with Crippen LogP contribution in [0.5, 0.6) is 0 Å². The molecule has 0 aliphatic carbocycles. The van der Waals surface area contributed by atoms with Crippen LogP contribution < -0.4 is 5.32 Å². The van der Waals surface area contributed by atoms with E-state index in [-0.39, 0.29) is 42.5 Å². The van der Waals surface area contributed by atoms with Crippen molar-refractivity contribution in [2.45, 2.75) is 18.9 Å². The number of nitrogens with one attached hydrogen (secondary N) is 1. The highest BCUT2D eigenvalue weighted by molar-refractivity contribution is 6.25. The van der Waals surface area contributed by atoms with Crippen LogP contribution in [0, 0.1) is 5.82 Å². The number of nitrogens with zero attached hydrogens (tertiary/aromatic N) is 2. The highest BCUT2D eigenvalue weighted by atomic mass is 19.1.